The molecule has 1 unspecified atom stereocenters. The molecule has 22 heavy (non-hydrogen) atoms. The van der Waals surface area contributed by atoms with Crippen molar-refractivity contribution in [1.82, 2.24) is 5.32 Å². The summed E-state index contributed by atoms with van der Waals surface area (Å²) in [4.78, 5) is 12.3. The van der Waals surface area contributed by atoms with Gasteiger partial charge in [0.05, 0.1) is 6.04 Å². The van der Waals surface area contributed by atoms with E-state index in [1.807, 2.05) is 0 Å². The first-order chi connectivity index (χ1) is 10.3. The molecular weight excluding hydrogens is 315 g/mol. The van der Waals surface area contributed by atoms with Crippen molar-refractivity contribution in [2.75, 3.05) is 5.75 Å². The Morgan fingerprint density at radius 1 is 1.41 bits per heavy atom. The van der Waals surface area contributed by atoms with E-state index < -0.39 is 29.3 Å². The number of hydrogen-bond donors (Lipinski definition) is 2. The summed E-state index contributed by atoms with van der Waals surface area (Å²) in [6, 6.07) is 3.78. The van der Waals surface area contributed by atoms with Gasteiger partial charge in [-0.3, -0.25) is 4.79 Å². The van der Waals surface area contributed by atoms with E-state index in [-0.39, 0.29) is 12.8 Å². The third-order valence-electron chi connectivity index (χ3n) is 4.38. The van der Waals surface area contributed by atoms with Crippen molar-refractivity contribution in [3.63, 3.8) is 0 Å². The lowest BCUT2D eigenvalue weighted by Crippen LogP contribution is -2.61. The molecule has 0 bridgehead atoms. The van der Waals surface area contributed by atoms with Crippen LogP contribution in [0.25, 0.3) is 0 Å². The van der Waals surface area contributed by atoms with Crippen LogP contribution in [0.5, 0.6) is 0 Å². The predicted molar refractivity (Wildman–Crippen MR) is 76.4 cm³/mol. The molecule has 0 saturated heterocycles. The second-order valence-electron chi connectivity index (χ2n) is 5.78. The van der Waals surface area contributed by atoms with Crippen LogP contribution in [0.2, 0.25) is 0 Å². The van der Waals surface area contributed by atoms with E-state index in [9.17, 15) is 23.1 Å². The van der Waals surface area contributed by atoms with Gasteiger partial charge in [0.25, 0.3) is 5.91 Å². The first-order valence-electron chi connectivity index (χ1n) is 7.17. The summed E-state index contributed by atoms with van der Waals surface area (Å²) in [6.07, 6.45) is 0.757. The van der Waals surface area contributed by atoms with Crippen molar-refractivity contribution in [1.29, 1.82) is 0 Å². The van der Waals surface area contributed by atoms with E-state index in [1.165, 1.54) is 23.9 Å². The van der Waals surface area contributed by atoms with Gasteiger partial charge in [-0.05, 0) is 37.3 Å². The molecule has 1 amide bonds. The minimum absolute atomic E-state index is 0.0842. The molecule has 0 radical (unpaired) electrons. The Labute approximate surface area is 130 Å². The van der Waals surface area contributed by atoms with Crippen LogP contribution in [0.4, 0.5) is 13.2 Å². The number of hydrogen-bond acceptors (Lipinski definition) is 3. The molecule has 3 nitrogen and oxygen atoms in total. The molecule has 1 saturated carbocycles. The average Bonchev–Trinajstić information content (AvgIpc) is 2.45. The second kappa shape index (κ2) is 5.45. The summed E-state index contributed by atoms with van der Waals surface area (Å²) >= 11 is 1.31. The highest BCUT2D eigenvalue weighted by Crippen LogP contribution is 2.45. The summed E-state index contributed by atoms with van der Waals surface area (Å²) in [5.74, 6) is -5.19. The Morgan fingerprint density at radius 2 is 2.14 bits per heavy atom. The maximum absolute atomic E-state index is 14.1. The molecule has 1 heterocycles. The molecule has 1 aromatic rings. The SMILES string of the molecule is O=C(NC1CCSc2c(F)cccc21)C(F)(F)C1(O)CCC1. The lowest BCUT2D eigenvalue weighted by atomic mass is 9.75. The summed E-state index contributed by atoms with van der Waals surface area (Å²) in [6.45, 7) is 0. The van der Waals surface area contributed by atoms with Crippen LogP contribution in [-0.2, 0) is 4.79 Å². The van der Waals surface area contributed by atoms with Gasteiger partial charge >= 0.3 is 5.92 Å². The van der Waals surface area contributed by atoms with Gasteiger partial charge in [-0.25, -0.2) is 4.39 Å². The van der Waals surface area contributed by atoms with E-state index in [2.05, 4.69) is 5.32 Å². The van der Waals surface area contributed by atoms with Crippen LogP contribution in [0.1, 0.15) is 37.3 Å². The van der Waals surface area contributed by atoms with Crippen LogP contribution in [0, 0.1) is 5.82 Å². The van der Waals surface area contributed by atoms with Crippen molar-refractivity contribution in [3.8, 4) is 0 Å². The quantitative estimate of drug-likeness (QED) is 0.895. The normalized spacial score (nSPS) is 23.4. The van der Waals surface area contributed by atoms with Crippen molar-refractivity contribution >= 4 is 17.7 Å². The molecule has 3 rings (SSSR count). The monoisotopic (exact) mass is 331 g/mol. The topological polar surface area (TPSA) is 49.3 Å². The van der Waals surface area contributed by atoms with E-state index in [4.69, 9.17) is 0 Å². The first kappa shape index (κ1) is 15.7. The zero-order valence-corrected chi connectivity index (χ0v) is 12.6. The number of nitrogens with one attached hydrogen (secondary N) is 1. The summed E-state index contributed by atoms with van der Waals surface area (Å²) < 4.78 is 42.0. The van der Waals surface area contributed by atoms with Gasteiger partial charge in [-0.2, -0.15) is 8.78 Å². The summed E-state index contributed by atoms with van der Waals surface area (Å²) in [7, 11) is 0. The van der Waals surface area contributed by atoms with Crippen LogP contribution in [0.3, 0.4) is 0 Å². The molecule has 1 aliphatic heterocycles. The largest absolute Gasteiger partial charge is 0.383 e. The average molecular weight is 331 g/mol. The first-order valence-corrected chi connectivity index (χ1v) is 8.16. The molecular formula is C15H16F3NO2S. The number of rotatable bonds is 3. The molecule has 1 aliphatic carbocycles. The Hall–Kier alpha value is -1.21. The number of carbonyl (C=O) groups is 1. The number of benzene rings is 1. The Morgan fingerprint density at radius 3 is 2.77 bits per heavy atom. The lowest BCUT2D eigenvalue weighted by Gasteiger charge is -2.42. The number of carbonyl (C=O) groups excluding carboxylic acids is 1. The molecule has 0 spiro atoms. The van der Waals surface area contributed by atoms with Gasteiger partial charge < -0.3 is 10.4 Å². The standard InChI is InChI=1S/C15H16F3NO2S/c16-10-4-1-3-9-11(5-8-22-12(9)10)19-13(20)15(17,18)14(21)6-2-7-14/h1,3-4,11,21H,2,5-8H2,(H,19,20). The van der Waals surface area contributed by atoms with Gasteiger partial charge in [0.1, 0.15) is 11.4 Å². The van der Waals surface area contributed by atoms with Gasteiger partial charge in [-0.1, -0.05) is 12.1 Å². The maximum Gasteiger partial charge on any atom is 0.352 e. The Balaban J connectivity index is 1.80. The second-order valence-corrected chi connectivity index (χ2v) is 6.89. The van der Waals surface area contributed by atoms with Crippen molar-refractivity contribution in [2.24, 2.45) is 0 Å². The zero-order chi connectivity index (χ0) is 16.0. The molecule has 2 aliphatic rings. The van der Waals surface area contributed by atoms with Crippen molar-refractivity contribution < 1.29 is 23.1 Å². The number of aliphatic hydroxyl groups is 1. The molecule has 2 N–H and O–H groups in total. The van der Waals surface area contributed by atoms with Gasteiger partial charge in [0.2, 0.25) is 0 Å². The van der Waals surface area contributed by atoms with Crippen LogP contribution < -0.4 is 5.32 Å². The number of alkyl halides is 2. The van der Waals surface area contributed by atoms with Crippen molar-refractivity contribution in [2.45, 2.75) is 48.1 Å². The highest BCUT2D eigenvalue weighted by Gasteiger charge is 2.61. The van der Waals surface area contributed by atoms with E-state index in [0.717, 1.165) is 0 Å². The zero-order valence-electron chi connectivity index (χ0n) is 11.7. The van der Waals surface area contributed by atoms with Crippen LogP contribution in [0.15, 0.2) is 23.1 Å². The third kappa shape index (κ3) is 2.40. The molecule has 120 valence electrons. The molecule has 7 heteroatoms. The minimum atomic E-state index is -3.83. The van der Waals surface area contributed by atoms with E-state index in [1.54, 1.807) is 6.07 Å². The number of amides is 1. The van der Waals surface area contributed by atoms with Crippen molar-refractivity contribution in [3.05, 3.63) is 29.6 Å². The van der Waals surface area contributed by atoms with Gasteiger partial charge in [-0.15, -0.1) is 11.8 Å². The Kier molecular flexibility index (Phi) is 3.89. The van der Waals surface area contributed by atoms with E-state index in [0.29, 0.717) is 29.1 Å². The van der Waals surface area contributed by atoms with Gasteiger partial charge in [0.15, 0.2) is 0 Å². The fraction of sp³-hybridized carbons (Fsp3) is 0.533. The van der Waals surface area contributed by atoms with Gasteiger partial charge in [0, 0.05) is 10.6 Å². The maximum atomic E-state index is 14.1. The highest BCUT2D eigenvalue weighted by atomic mass is 32.2. The Bertz CT molecular complexity index is 604. The number of thioether (sulfide) groups is 1. The molecule has 1 atom stereocenters. The number of fused-ring (bicyclic) bond motifs is 1. The summed E-state index contributed by atoms with van der Waals surface area (Å²) in [5, 5.41) is 12.1. The smallest absolute Gasteiger partial charge is 0.352 e. The highest BCUT2D eigenvalue weighted by molar-refractivity contribution is 7.99. The lowest BCUT2D eigenvalue weighted by molar-refractivity contribution is -0.216. The van der Waals surface area contributed by atoms with Crippen LogP contribution in [-0.4, -0.2) is 28.3 Å². The van der Waals surface area contributed by atoms with Crippen LogP contribution >= 0.6 is 11.8 Å². The number of halogens is 3. The predicted octanol–water partition coefficient (Wildman–Crippen LogP) is 3.03. The fourth-order valence-electron chi connectivity index (χ4n) is 2.82. The molecule has 1 fully saturated rings. The summed E-state index contributed by atoms with van der Waals surface area (Å²) in [5.41, 5.74) is -1.73. The fourth-order valence-corrected chi connectivity index (χ4v) is 3.96. The minimum Gasteiger partial charge on any atom is -0.383 e. The third-order valence-corrected chi connectivity index (χ3v) is 5.54. The molecule has 0 aromatic heterocycles. The molecule has 1 aromatic carbocycles. The van der Waals surface area contributed by atoms with E-state index >= 15 is 0 Å².